The molecule has 1 aromatic heterocycles. The average molecular weight is 548 g/mol. The molecular weight excluding hydrogens is 523 g/mol. The Morgan fingerprint density at radius 2 is 1.89 bits per heavy atom. The molecule has 0 aliphatic carbocycles. The molecule has 1 amide bonds. The van der Waals surface area contributed by atoms with E-state index in [0.29, 0.717) is 30.3 Å². The van der Waals surface area contributed by atoms with Gasteiger partial charge in [-0.25, -0.2) is 21.6 Å². The second-order valence-corrected chi connectivity index (χ2v) is 11.2. The van der Waals surface area contributed by atoms with Gasteiger partial charge in [0, 0.05) is 36.8 Å². The highest BCUT2D eigenvalue weighted by Crippen LogP contribution is 2.28. The zero-order valence-corrected chi connectivity index (χ0v) is 20.9. The van der Waals surface area contributed by atoms with Gasteiger partial charge in [-0.1, -0.05) is 6.07 Å². The van der Waals surface area contributed by atoms with Crippen LogP contribution in [0.2, 0.25) is 0 Å². The topological polar surface area (TPSA) is 124 Å². The maximum Gasteiger partial charge on any atom is 0.243 e. The highest BCUT2D eigenvalue weighted by molar-refractivity contribution is 7.89. The molecule has 1 fully saturated rings. The van der Waals surface area contributed by atoms with Crippen LogP contribution < -0.4 is 10.6 Å². The van der Waals surface area contributed by atoms with Gasteiger partial charge in [0.15, 0.2) is 5.78 Å². The second-order valence-electron chi connectivity index (χ2n) is 9.22. The second kappa shape index (κ2) is 10.3. The molecule has 9 nitrogen and oxygen atoms in total. The third-order valence-corrected chi connectivity index (χ3v) is 8.54. The van der Waals surface area contributed by atoms with Crippen LogP contribution in [0.4, 0.5) is 18.9 Å². The van der Waals surface area contributed by atoms with Crippen LogP contribution in [0.1, 0.15) is 40.2 Å². The van der Waals surface area contributed by atoms with E-state index in [4.69, 9.17) is 0 Å². The van der Waals surface area contributed by atoms with Crippen molar-refractivity contribution in [1.82, 2.24) is 19.8 Å². The van der Waals surface area contributed by atoms with Gasteiger partial charge in [0.1, 0.15) is 17.5 Å². The third-order valence-electron chi connectivity index (χ3n) is 6.71. The number of hydrogen-bond acceptors (Lipinski definition) is 6. The minimum atomic E-state index is -4.25. The highest BCUT2D eigenvalue weighted by atomic mass is 32.2. The van der Waals surface area contributed by atoms with Crippen molar-refractivity contribution in [3.63, 3.8) is 0 Å². The Morgan fingerprint density at radius 3 is 2.61 bits per heavy atom. The van der Waals surface area contributed by atoms with E-state index in [1.54, 1.807) is 0 Å². The number of amides is 1. The Labute approximate surface area is 216 Å². The van der Waals surface area contributed by atoms with E-state index in [-0.39, 0.29) is 48.8 Å². The third kappa shape index (κ3) is 5.08. The van der Waals surface area contributed by atoms with Crippen molar-refractivity contribution in [3.8, 4) is 0 Å². The number of benzene rings is 2. The molecule has 0 spiro atoms. The van der Waals surface area contributed by atoms with Crippen molar-refractivity contribution in [2.45, 2.75) is 43.2 Å². The number of hydrogen-bond donors (Lipinski definition) is 3. The fraction of sp³-hybridized carbons (Fsp3) is 0.320. The molecule has 2 aliphatic rings. The number of H-pyrrole nitrogens is 1. The molecule has 200 valence electrons. The molecule has 38 heavy (non-hydrogen) atoms. The van der Waals surface area contributed by atoms with Gasteiger partial charge < -0.3 is 10.6 Å². The standard InChI is InChI=1S/C25H24F3N5O4S/c26-14-9-15(27)11-16(10-14)38(36,37)33-8-6-19-17(13-33)22(32-31-19)12-23(34)24-18(28)3-1-4-20(24)30-25(35)21-5-2-7-29-21/h1,3-4,9-11,21,29H,2,5-8,12-13H2,(H,30,35)(H,31,32)/t21-/m1/s1. The number of aromatic amines is 1. The lowest BCUT2D eigenvalue weighted by molar-refractivity contribution is -0.117. The fourth-order valence-corrected chi connectivity index (χ4v) is 6.24. The van der Waals surface area contributed by atoms with Gasteiger partial charge in [0.05, 0.1) is 34.3 Å². The van der Waals surface area contributed by atoms with Crippen LogP contribution in [0.25, 0.3) is 0 Å². The van der Waals surface area contributed by atoms with Crippen molar-refractivity contribution >= 4 is 27.4 Å². The van der Waals surface area contributed by atoms with Gasteiger partial charge in [-0.2, -0.15) is 9.40 Å². The first-order valence-electron chi connectivity index (χ1n) is 12.0. The number of nitrogens with one attached hydrogen (secondary N) is 3. The number of rotatable bonds is 7. The maximum absolute atomic E-state index is 14.8. The molecule has 2 aromatic carbocycles. The Morgan fingerprint density at radius 1 is 1.13 bits per heavy atom. The molecular formula is C25H24F3N5O4S. The van der Waals surface area contributed by atoms with Crippen LogP contribution in [-0.2, 0) is 34.2 Å². The number of fused-ring (bicyclic) bond motifs is 1. The van der Waals surface area contributed by atoms with Crippen LogP contribution in [0.5, 0.6) is 0 Å². The predicted octanol–water partition coefficient (Wildman–Crippen LogP) is 2.69. The Kier molecular flexibility index (Phi) is 7.07. The quantitative estimate of drug-likeness (QED) is 0.391. The van der Waals surface area contributed by atoms with Gasteiger partial charge in [0.25, 0.3) is 0 Å². The number of Topliss-reactive ketones (excluding diaryl/α,β-unsaturated/α-hetero) is 1. The van der Waals surface area contributed by atoms with Crippen molar-refractivity contribution in [3.05, 3.63) is 76.4 Å². The number of carbonyl (C=O) groups excluding carboxylic acids is 2. The molecule has 0 bridgehead atoms. The van der Waals surface area contributed by atoms with E-state index in [2.05, 4.69) is 20.8 Å². The molecule has 3 aromatic rings. The SMILES string of the molecule is O=C(Cc1n[nH]c2c1CN(S(=O)(=O)c1cc(F)cc(F)c1)CC2)c1c(F)cccc1NC(=O)[C@H]1CCCN1. The molecule has 13 heteroatoms. The minimum absolute atomic E-state index is 0.0295. The minimum Gasteiger partial charge on any atom is -0.324 e. The number of nitrogens with zero attached hydrogens (tertiary/aromatic N) is 2. The van der Waals surface area contributed by atoms with Crippen LogP contribution in [0.15, 0.2) is 41.3 Å². The largest absolute Gasteiger partial charge is 0.324 e. The zero-order valence-electron chi connectivity index (χ0n) is 20.1. The molecule has 1 atom stereocenters. The van der Waals surface area contributed by atoms with Crippen LogP contribution >= 0.6 is 0 Å². The van der Waals surface area contributed by atoms with E-state index >= 15 is 0 Å². The predicted molar refractivity (Wildman–Crippen MR) is 130 cm³/mol. The molecule has 0 saturated carbocycles. The number of ketones is 1. The molecule has 5 rings (SSSR count). The van der Waals surface area contributed by atoms with E-state index < -0.39 is 44.2 Å². The Balaban J connectivity index is 1.38. The van der Waals surface area contributed by atoms with E-state index in [9.17, 15) is 31.2 Å². The summed E-state index contributed by atoms with van der Waals surface area (Å²) >= 11 is 0. The number of anilines is 1. The summed E-state index contributed by atoms with van der Waals surface area (Å²) < 4.78 is 69.4. The zero-order chi connectivity index (χ0) is 27.0. The van der Waals surface area contributed by atoms with Crippen molar-refractivity contribution in [2.75, 3.05) is 18.4 Å². The first-order chi connectivity index (χ1) is 18.1. The van der Waals surface area contributed by atoms with E-state index in [0.717, 1.165) is 28.9 Å². The number of aromatic nitrogens is 2. The lowest BCUT2D eigenvalue weighted by Crippen LogP contribution is -2.36. The van der Waals surface area contributed by atoms with E-state index in [1.807, 2.05) is 0 Å². The Hall–Kier alpha value is -3.55. The summed E-state index contributed by atoms with van der Waals surface area (Å²) in [5.41, 5.74) is 0.996. The monoisotopic (exact) mass is 547 g/mol. The van der Waals surface area contributed by atoms with Crippen LogP contribution in [0, 0.1) is 17.5 Å². The lowest BCUT2D eigenvalue weighted by Gasteiger charge is -2.26. The van der Waals surface area contributed by atoms with Crippen LogP contribution in [0.3, 0.4) is 0 Å². The number of carbonyl (C=O) groups is 2. The summed E-state index contributed by atoms with van der Waals surface area (Å²) in [6.07, 6.45) is 1.33. The maximum atomic E-state index is 14.8. The lowest BCUT2D eigenvalue weighted by atomic mass is 9.99. The molecule has 2 aliphatic heterocycles. The fourth-order valence-electron chi connectivity index (χ4n) is 4.79. The summed E-state index contributed by atoms with van der Waals surface area (Å²) in [7, 11) is -4.25. The van der Waals surface area contributed by atoms with Crippen molar-refractivity contribution in [1.29, 1.82) is 0 Å². The van der Waals surface area contributed by atoms with Crippen molar-refractivity contribution in [2.24, 2.45) is 0 Å². The van der Waals surface area contributed by atoms with Gasteiger partial charge in [-0.15, -0.1) is 0 Å². The Bertz CT molecular complexity index is 1500. The number of sulfonamides is 1. The van der Waals surface area contributed by atoms with Gasteiger partial charge in [-0.05, 0) is 43.7 Å². The summed E-state index contributed by atoms with van der Waals surface area (Å²) in [4.78, 5) is 25.3. The molecule has 1 saturated heterocycles. The van der Waals surface area contributed by atoms with Gasteiger partial charge >= 0.3 is 0 Å². The van der Waals surface area contributed by atoms with Gasteiger partial charge in [0.2, 0.25) is 15.9 Å². The van der Waals surface area contributed by atoms with Crippen LogP contribution in [-0.4, -0.2) is 53.7 Å². The summed E-state index contributed by atoms with van der Waals surface area (Å²) in [5.74, 6) is -3.87. The first kappa shape index (κ1) is 26.1. The number of halogens is 3. The summed E-state index contributed by atoms with van der Waals surface area (Å²) in [6, 6.07) is 5.57. The average Bonchev–Trinajstić information content (AvgIpc) is 3.54. The summed E-state index contributed by atoms with van der Waals surface area (Å²) in [6.45, 7) is 0.531. The van der Waals surface area contributed by atoms with E-state index in [1.165, 1.54) is 12.1 Å². The normalized spacial score (nSPS) is 17.8. The highest BCUT2D eigenvalue weighted by Gasteiger charge is 2.33. The first-order valence-corrected chi connectivity index (χ1v) is 13.4. The molecule has 0 radical (unpaired) electrons. The smallest absolute Gasteiger partial charge is 0.243 e. The molecule has 0 unspecified atom stereocenters. The van der Waals surface area contributed by atoms with Gasteiger partial charge in [-0.3, -0.25) is 14.7 Å². The molecule has 3 N–H and O–H groups in total. The molecule has 3 heterocycles. The van der Waals surface area contributed by atoms with Crippen molar-refractivity contribution < 1.29 is 31.2 Å². The summed E-state index contributed by atoms with van der Waals surface area (Å²) in [5, 5.41) is 12.6.